The highest BCUT2D eigenvalue weighted by Gasteiger charge is 2.13. The Labute approximate surface area is 166 Å². The Bertz CT molecular complexity index is 831. The van der Waals surface area contributed by atoms with Crippen LogP contribution in [0.4, 0.5) is 5.69 Å². The molecule has 0 atom stereocenters. The van der Waals surface area contributed by atoms with Gasteiger partial charge in [-0.2, -0.15) is 0 Å². The highest BCUT2D eigenvalue weighted by atomic mass is 35.5. The molecule has 0 unspecified atom stereocenters. The fourth-order valence-corrected chi connectivity index (χ4v) is 2.61. The molecule has 0 aliphatic heterocycles. The lowest BCUT2D eigenvalue weighted by Crippen LogP contribution is -2.46. The van der Waals surface area contributed by atoms with Gasteiger partial charge in [-0.25, -0.2) is 0 Å². The fraction of sp³-hybridized carbons (Fsp3) is 0.167. The van der Waals surface area contributed by atoms with Crippen molar-refractivity contribution in [2.45, 2.75) is 0 Å². The maximum Gasteiger partial charge on any atom is 0.257 e. The third kappa shape index (κ3) is 6.47. The zero-order chi connectivity index (χ0) is 19.8. The van der Waals surface area contributed by atoms with Crippen molar-refractivity contribution in [3.63, 3.8) is 0 Å². The highest BCUT2D eigenvalue weighted by molar-refractivity contribution is 6.36. The van der Waals surface area contributed by atoms with Crippen molar-refractivity contribution in [2.75, 3.05) is 25.1 Å². The number of benzene rings is 2. The summed E-state index contributed by atoms with van der Waals surface area (Å²) in [5.74, 6) is -1.42. The average Bonchev–Trinajstić information content (AvgIpc) is 2.65. The molecule has 2 aromatic carbocycles. The number of nitrogens with one attached hydrogen (secondary N) is 3. The van der Waals surface area contributed by atoms with Crippen LogP contribution in [0.3, 0.4) is 0 Å². The van der Waals surface area contributed by atoms with Gasteiger partial charge in [0.2, 0.25) is 5.91 Å². The molecule has 7 nitrogen and oxygen atoms in total. The van der Waals surface area contributed by atoms with Crippen LogP contribution >= 0.6 is 23.2 Å². The Balaban J connectivity index is 1.74. The molecule has 3 amide bonds. The Hall–Kier alpha value is -2.77. The fourth-order valence-electron chi connectivity index (χ4n) is 2.11. The Morgan fingerprint density at radius 3 is 2.26 bits per heavy atom. The van der Waals surface area contributed by atoms with Crippen molar-refractivity contribution in [2.24, 2.45) is 0 Å². The van der Waals surface area contributed by atoms with Crippen molar-refractivity contribution in [3.8, 4) is 0 Å². The summed E-state index contributed by atoms with van der Waals surface area (Å²) in [7, 11) is 1.69. The third-order valence-corrected chi connectivity index (χ3v) is 4.02. The number of anilines is 1. The molecule has 0 fully saturated rings. The Kier molecular flexibility index (Phi) is 7.45. The molecule has 0 heterocycles. The first-order valence-corrected chi connectivity index (χ1v) is 8.70. The van der Waals surface area contributed by atoms with Gasteiger partial charge in [-0.3, -0.25) is 24.8 Å². The third-order valence-electron chi connectivity index (χ3n) is 3.47. The van der Waals surface area contributed by atoms with E-state index in [1.807, 2.05) is 30.3 Å². The summed E-state index contributed by atoms with van der Waals surface area (Å²) < 4.78 is 0. The average molecular weight is 409 g/mol. The number of rotatable bonds is 7. The number of nitrogens with zero attached hydrogens (tertiary/aromatic N) is 1. The van der Waals surface area contributed by atoms with Gasteiger partial charge in [-0.05, 0) is 30.3 Å². The van der Waals surface area contributed by atoms with Gasteiger partial charge in [0.25, 0.3) is 11.8 Å². The number of para-hydroxylation sites is 1. The van der Waals surface area contributed by atoms with Gasteiger partial charge in [-0.1, -0.05) is 41.4 Å². The summed E-state index contributed by atoms with van der Waals surface area (Å²) >= 11 is 11.7. The normalized spacial score (nSPS) is 10.0. The lowest BCUT2D eigenvalue weighted by atomic mass is 10.2. The van der Waals surface area contributed by atoms with Crippen LogP contribution in [-0.4, -0.2) is 37.9 Å². The molecule has 9 heteroatoms. The first-order valence-electron chi connectivity index (χ1n) is 7.95. The number of hydrogen-bond acceptors (Lipinski definition) is 4. The zero-order valence-electron chi connectivity index (χ0n) is 14.5. The number of hydrazine groups is 1. The van der Waals surface area contributed by atoms with Crippen LogP contribution < -0.4 is 21.1 Å². The number of carbonyl (C=O) groups is 3. The first-order chi connectivity index (χ1) is 12.9. The van der Waals surface area contributed by atoms with Gasteiger partial charge in [0.15, 0.2) is 0 Å². The lowest BCUT2D eigenvalue weighted by molar-refractivity contribution is -0.125. The summed E-state index contributed by atoms with van der Waals surface area (Å²) in [6, 6.07) is 13.6. The number of hydrogen-bond donors (Lipinski definition) is 3. The van der Waals surface area contributed by atoms with E-state index in [4.69, 9.17) is 23.2 Å². The molecule has 0 aromatic heterocycles. The van der Waals surface area contributed by atoms with Crippen LogP contribution in [0.25, 0.3) is 0 Å². The van der Waals surface area contributed by atoms with Gasteiger partial charge in [0.05, 0.1) is 29.4 Å². The molecular formula is C18H18Cl2N4O3. The molecule has 142 valence electrons. The van der Waals surface area contributed by atoms with E-state index in [9.17, 15) is 14.4 Å². The number of amides is 3. The molecule has 0 saturated heterocycles. The van der Waals surface area contributed by atoms with Crippen LogP contribution in [0.5, 0.6) is 0 Å². The molecular weight excluding hydrogens is 391 g/mol. The minimum absolute atomic E-state index is 0.184. The Morgan fingerprint density at radius 2 is 1.59 bits per heavy atom. The van der Waals surface area contributed by atoms with E-state index >= 15 is 0 Å². The minimum Gasteiger partial charge on any atom is -0.345 e. The summed E-state index contributed by atoms with van der Waals surface area (Å²) in [5.41, 5.74) is 3.62. The number of halogens is 2. The molecule has 3 N–H and O–H groups in total. The molecule has 0 saturated carbocycles. The second-order valence-corrected chi connectivity index (χ2v) is 6.36. The van der Waals surface area contributed by atoms with Gasteiger partial charge < -0.3 is 10.6 Å². The van der Waals surface area contributed by atoms with E-state index in [0.717, 1.165) is 5.69 Å². The molecule has 0 aliphatic rings. The molecule has 0 spiro atoms. The second-order valence-electron chi connectivity index (χ2n) is 5.51. The summed E-state index contributed by atoms with van der Waals surface area (Å²) in [6.45, 7) is -0.521. The highest BCUT2D eigenvalue weighted by Crippen LogP contribution is 2.20. The maximum absolute atomic E-state index is 12.0. The van der Waals surface area contributed by atoms with Gasteiger partial charge in [0.1, 0.15) is 0 Å². The Morgan fingerprint density at radius 1 is 0.926 bits per heavy atom. The molecule has 27 heavy (non-hydrogen) atoms. The standard InChI is InChI=1S/C18H18Cl2N4O3/c1-24(13-5-3-2-4-6-13)23-17(26)11-21-16(25)10-22-18(27)14-8-7-12(19)9-15(14)20/h2-9H,10-11H2,1H3,(H,21,25)(H,22,27)(H,23,26). The molecule has 2 aromatic rings. The van der Waals surface area contributed by atoms with Gasteiger partial charge >= 0.3 is 0 Å². The largest absolute Gasteiger partial charge is 0.345 e. The number of carbonyl (C=O) groups excluding carboxylic acids is 3. The smallest absolute Gasteiger partial charge is 0.257 e. The van der Waals surface area contributed by atoms with E-state index in [0.29, 0.717) is 5.02 Å². The van der Waals surface area contributed by atoms with Crippen LogP contribution in [0.15, 0.2) is 48.5 Å². The van der Waals surface area contributed by atoms with Gasteiger partial charge in [0, 0.05) is 12.1 Å². The quantitative estimate of drug-likeness (QED) is 0.611. The SMILES string of the molecule is CN(NC(=O)CNC(=O)CNC(=O)c1ccc(Cl)cc1Cl)c1ccccc1. The van der Waals surface area contributed by atoms with Crippen molar-refractivity contribution in [1.29, 1.82) is 0 Å². The monoisotopic (exact) mass is 408 g/mol. The zero-order valence-corrected chi connectivity index (χ0v) is 16.0. The lowest BCUT2D eigenvalue weighted by Gasteiger charge is -2.20. The van der Waals surface area contributed by atoms with Crippen LogP contribution in [0, 0.1) is 0 Å². The van der Waals surface area contributed by atoms with Crippen LogP contribution in [-0.2, 0) is 9.59 Å². The van der Waals surface area contributed by atoms with E-state index in [2.05, 4.69) is 16.1 Å². The summed E-state index contributed by atoms with van der Waals surface area (Å²) in [4.78, 5) is 35.7. The van der Waals surface area contributed by atoms with E-state index in [1.165, 1.54) is 18.2 Å². The molecule has 0 aliphatic carbocycles. The molecule has 2 rings (SSSR count). The summed E-state index contributed by atoms with van der Waals surface area (Å²) in [6.07, 6.45) is 0. The summed E-state index contributed by atoms with van der Waals surface area (Å²) in [5, 5.41) is 6.98. The first kappa shape index (κ1) is 20.5. The van der Waals surface area contributed by atoms with E-state index < -0.39 is 17.7 Å². The molecule has 0 radical (unpaired) electrons. The van der Waals surface area contributed by atoms with E-state index in [-0.39, 0.29) is 23.7 Å². The molecule has 0 bridgehead atoms. The topological polar surface area (TPSA) is 90.5 Å². The van der Waals surface area contributed by atoms with Gasteiger partial charge in [-0.15, -0.1) is 0 Å². The van der Waals surface area contributed by atoms with Crippen LogP contribution in [0.1, 0.15) is 10.4 Å². The predicted octanol–water partition coefficient (Wildman–Crippen LogP) is 2.01. The van der Waals surface area contributed by atoms with Crippen LogP contribution in [0.2, 0.25) is 10.0 Å². The maximum atomic E-state index is 12.0. The van der Waals surface area contributed by atoms with Crippen molar-refractivity contribution in [3.05, 3.63) is 64.1 Å². The van der Waals surface area contributed by atoms with Crippen molar-refractivity contribution in [1.82, 2.24) is 16.1 Å². The predicted molar refractivity (Wildman–Crippen MR) is 105 cm³/mol. The second kappa shape index (κ2) is 9.80. The van der Waals surface area contributed by atoms with Crippen molar-refractivity contribution < 1.29 is 14.4 Å². The van der Waals surface area contributed by atoms with Crippen molar-refractivity contribution >= 4 is 46.6 Å². The minimum atomic E-state index is -0.514. The van der Waals surface area contributed by atoms with E-state index in [1.54, 1.807) is 12.1 Å².